The van der Waals surface area contributed by atoms with Gasteiger partial charge in [0.2, 0.25) is 5.91 Å². The molecule has 144 valence electrons. The molecule has 1 heterocycles. The number of halogens is 2. The van der Waals surface area contributed by atoms with Gasteiger partial charge >= 0.3 is 0 Å². The van der Waals surface area contributed by atoms with Gasteiger partial charge in [0, 0.05) is 31.1 Å². The zero-order chi connectivity index (χ0) is 17.4. The number of hydrogen-bond acceptors (Lipinski definition) is 5. The van der Waals surface area contributed by atoms with Gasteiger partial charge in [0.1, 0.15) is 0 Å². The van der Waals surface area contributed by atoms with Crippen molar-refractivity contribution in [2.75, 3.05) is 23.7 Å². The molecule has 0 aliphatic rings. The number of anilines is 2. The van der Waals surface area contributed by atoms with Gasteiger partial charge in [-0.2, -0.15) is 0 Å². The van der Waals surface area contributed by atoms with Crippen LogP contribution in [0.3, 0.4) is 0 Å². The van der Waals surface area contributed by atoms with Crippen LogP contribution in [0.1, 0.15) is 18.2 Å². The van der Waals surface area contributed by atoms with Gasteiger partial charge in [-0.15, -0.1) is 36.2 Å². The second-order valence-electron chi connectivity index (χ2n) is 5.29. The Labute approximate surface area is 169 Å². The molecule has 0 aliphatic heterocycles. The summed E-state index contributed by atoms with van der Waals surface area (Å²) in [6.07, 6.45) is 1.74. The highest BCUT2D eigenvalue weighted by molar-refractivity contribution is 7.13. The zero-order valence-electron chi connectivity index (χ0n) is 14.4. The first-order valence-corrected chi connectivity index (χ1v) is 8.53. The van der Waals surface area contributed by atoms with Gasteiger partial charge in [0.15, 0.2) is 11.1 Å². The Hall–Kier alpha value is -2.03. The molecule has 0 radical (unpaired) electrons. The third-order valence-corrected chi connectivity index (χ3v) is 4.03. The van der Waals surface area contributed by atoms with E-state index in [1.165, 1.54) is 23.8 Å². The van der Waals surface area contributed by atoms with Crippen LogP contribution in [0.5, 0.6) is 0 Å². The van der Waals surface area contributed by atoms with Crippen molar-refractivity contribution in [3.8, 4) is 0 Å². The number of nitrogens with two attached hydrogens (primary N) is 1. The molecule has 0 aliphatic carbocycles. The molecule has 7 nitrogen and oxygen atoms in total. The first-order chi connectivity index (χ1) is 11.5. The summed E-state index contributed by atoms with van der Waals surface area (Å²) in [5.41, 5.74) is 8.47. The highest BCUT2D eigenvalue weighted by Crippen LogP contribution is 2.17. The molecule has 26 heavy (non-hydrogen) atoms. The van der Waals surface area contributed by atoms with Crippen LogP contribution >= 0.6 is 36.2 Å². The van der Waals surface area contributed by atoms with Crippen LogP contribution in [0.2, 0.25) is 0 Å². The number of guanidine groups is 1. The summed E-state index contributed by atoms with van der Waals surface area (Å²) in [4.78, 5) is 15.4. The summed E-state index contributed by atoms with van der Waals surface area (Å²) >= 11 is 1.45. The van der Waals surface area contributed by atoms with Crippen molar-refractivity contribution in [1.82, 2.24) is 10.3 Å². The smallest absolute Gasteiger partial charge is 0.223 e. The molecule has 10 heteroatoms. The average molecular weight is 419 g/mol. The Balaban J connectivity index is 0.00000312. The van der Waals surface area contributed by atoms with Gasteiger partial charge in [-0.25, -0.2) is 4.98 Å². The number of rotatable bonds is 8. The van der Waals surface area contributed by atoms with E-state index in [-0.39, 0.29) is 36.7 Å². The third kappa shape index (κ3) is 8.89. The maximum atomic E-state index is 11.0. The SMILES string of the molecule is CC(=O)Nc1nc(CCc2ccc(NCCNC(=N)N)cc2)cs1.Cl.Cl. The van der Waals surface area contributed by atoms with Crippen molar-refractivity contribution < 1.29 is 4.79 Å². The van der Waals surface area contributed by atoms with Crippen LogP contribution in [0.4, 0.5) is 10.8 Å². The van der Waals surface area contributed by atoms with Gasteiger partial charge in [0.25, 0.3) is 0 Å². The number of benzene rings is 1. The van der Waals surface area contributed by atoms with Gasteiger partial charge in [-0.05, 0) is 30.5 Å². The number of aryl methyl sites for hydroxylation is 2. The zero-order valence-corrected chi connectivity index (χ0v) is 16.8. The van der Waals surface area contributed by atoms with E-state index in [4.69, 9.17) is 11.1 Å². The topological polar surface area (TPSA) is 116 Å². The standard InChI is InChI=1S/C16H22N6OS.2ClH/c1-11(23)21-16-22-14(10-24-16)7-4-12-2-5-13(6-3-12)19-8-9-20-15(17)18;;/h2-3,5-6,10,19H,4,7-9H2,1H3,(H4,17,18,20)(H,21,22,23);2*1H. The van der Waals surface area contributed by atoms with Crippen molar-refractivity contribution in [2.45, 2.75) is 19.8 Å². The molecule has 0 unspecified atom stereocenters. The normalized spacial score (nSPS) is 9.42. The number of nitrogens with zero attached hydrogens (tertiary/aromatic N) is 1. The lowest BCUT2D eigenvalue weighted by Crippen LogP contribution is -2.33. The van der Waals surface area contributed by atoms with Crippen molar-refractivity contribution in [3.05, 3.63) is 40.9 Å². The van der Waals surface area contributed by atoms with E-state index < -0.39 is 0 Å². The first-order valence-electron chi connectivity index (χ1n) is 7.65. The van der Waals surface area contributed by atoms with E-state index in [1.807, 2.05) is 17.5 Å². The highest BCUT2D eigenvalue weighted by Gasteiger charge is 2.04. The van der Waals surface area contributed by atoms with E-state index in [9.17, 15) is 4.79 Å². The minimum Gasteiger partial charge on any atom is -0.383 e. The van der Waals surface area contributed by atoms with Crippen molar-refractivity contribution in [1.29, 1.82) is 5.41 Å². The molecule has 2 rings (SSSR count). The largest absolute Gasteiger partial charge is 0.383 e. The maximum absolute atomic E-state index is 11.0. The highest BCUT2D eigenvalue weighted by atomic mass is 35.5. The van der Waals surface area contributed by atoms with Crippen LogP contribution in [0.25, 0.3) is 0 Å². The molecule has 0 bridgehead atoms. The molecular weight excluding hydrogens is 395 g/mol. The minimum atomic E-state index is -0.0995. The number of amides is 1. The average Bonchev–Trinajstić information content (AvgIpc) is 2.97. The fourth-order valence-electron chi connectivity index (χ4n) is 2.10. The first kappa shape index (κ1) is 24.0. The molecule has 0 spiro atoms. The Morgan fingerprint density at radius 3 is 2.50 bits per heavy atom. The van der Waals surface area contributed by atoms with Crippen LogP contribution < -0.4 is 21.7 Å². The molecule has 0 fully saturated rings. The van der Waals surface area contributed by atoms with Gasteiger partial charge in [-0.3, -0.25) is 10.2 Å². The summed E-state index contributed by atoms with van der Waals surface area (Å²) in [6, 6.07) is 8.24. The van der Waals surface area contributed by atoms with E-state index in [0.29, 0.717) is 18.2 Å². The summed E-state index contributed by atoms with van der Waals surface area (Å²) < 4.78 is 0. The number of thiazole rings is 1. The van der Waals surface area contributed by atoms with Gasteiger partial charge < -0.3 is 21.7 Å². The molecule has 1 aromatic carbocycles. The molecule has 0 saturated carbocycles. The molecule has 0 saturated heterocycles. The van der Waals surface area contributed by atoms with E-state index in [2.05, 4.69) is 33.1 Å². The molecule has 0 atom stereocenters. The number of carbonyl (C=O) groups excluding carboxylic acids is 1. The predicted octanol–water partition coefficient (Wildman–Crippen LogP) is 2.63. The summed E-state index contributed by atoms with van der Waals surface area (Å²) in [5, 5.41) is 18.4. The lowest BCUT2D eigenvalue weighted by Gasteiger charge is -2.08. The van der Waals surface area contributed by atoms with Gasteiger partial charge in [0.05, 0.1) is 5.69 Å². The Kier molecular flexibility index (Phi) is 11.4. The second kappa shape index (κ2) is 12.3. The minimum absolute atomic E-state index is 0. The predicted molar refractivity (Wildman–Crippen MR) is 113 cm³/mol. The fourth-order valence-corrected chi connectivity index (χ4v) is 2.89. The summed E-state index contributed by atoms with van der Waals surface area (Å²) in [6.45, 7) is 2.79. The molecule has 1 aromatic heterocycles. The van der Waals surface area contributed by atoms with Crippen LogP contribution in [0, 0.1) is 5.41 Å². The lowest BCUT2D eigenvalue weighted by molar-refractivity contribution is -0.114. The third-order valence-electron chi connectivity index (χ3n) is 3.23. The van der Waals surface area contributed by atoms with Crippen LogP contribution in [-0.4, -0.2) is 29.9 Å². The Morgan fingerprint density at radius 2 is 1.88 bits per heavy atom. The van der Waals surface area contributed by atoms with Crippen molar-refractivity contribution >= 4 is 58.8 Å². The number of aromatic nitrogens is 1. The number of carbonyl (C=O) groups is 1. The fraction of sp³-hybridized carbons (Fsp3) is 0.312. The van der Waals surface area contributed by atoms with Crippen LogP contribution in [0.15, 0.2) is 29.6 Å². The van der Waals surface area contributed by atoms with E-state index >= 15 is 0 Å². The van der Waals surface area contributed by atoms with Crippen molar-refractivity contribution in [2.24, 2.45) is 5.73 Å². The number of nitrogens with one attached hydrogen (secondary N) is 4. The lowest BCUT2D eigenvalue weighted by atomic mass is 10.1. The van der Waals surface area contributed by atoms with Crippen molar-refractivity contribution in [3.63, 3.8) is 0 Å². The summed E-state index contributed by atoms with van der Waals surface area (Å²) in [5.74, 6) is -0.117. The summed E-state index contributed by atoms with van der Waals surface area (Å²) in [7, 11) is 0. The Morgan fingerprint density at radius 1 is 1.19 bits per heavy atom. The van der Waals surface area contributed by atoms with Gasteiger partial charge in [-0.1, -0.05) is 12.1 Å². The quantitative estimate of drug-likeness (QED) is 0.256. The molecular formula is C16H24Cl2N6OS. The number of hydrogen-bond donors (Lipinski definition) is 5. The molecule has 6 N–H and O–H groups in total. The monoisotopic (exact) mass is 418 g/mol. The molecule has 2 aromatic rings. The second-order valence-corrected chi connectivity index (χ2v) is 6.15. The van der Waals surface area contributed by atoms with E-state index in [1.54, 1.807) is 0 Å². The Bertz CT molecular complexity index is 692. The maximum Gasteiger partial charge on any atom is 0.223 e. The van der Waals surface area contributed by atoms with E-state index in [0.717, 1.165) is 24.2 Å². The van der Waals surface area contributed by atoms with Crippen LogP contribution in [-0.2, 0) is 17.6 Å². The molecule has 1 amide bonds.